The van der Waals surface area contributed by atoms with Crippen LogP contribution in [0.2, 0.25) is 5.15 Å². The smallest absolute Gasteiger partial charge is 0.277 e. The van der Waals surface area contributed by atoms with Gasteiger partial charge in [0.2, 0.25) is 5.91 Å². The molecule has 0 atom stereocenters. The topological polar surface area (TPSA) is 84.0 Å². The highest BCUT2D eigenvalue weighted by Gasteiger charge is 2.15. The van der Waals surface area contributed by atoms with E-state index in [0.29, 0.717) is 22.4 Å². The molecule has 0 unspecified atom stereocenters. The van der Waals surface area contributed by atoms with Gasteiger partial charge in [0.25, 0.3) is 5.91 Å². The van der Waals surface area contributed by atoms with Gasteiger partial charge in [-0.25, -0.2) is 9.97 Å². The Bertz CT molecular complexity index is 926. The van der Waals surface area contributed by atoms with Crippen molar-refractivity contribution in [2.24, 2.45) is 0 Å². The normalized spacial score (nSPS) is 10.4. The minimum Gasteiger partial charge on any atom is -0.326 e. The van der Waals surface area contributed by atoms with E-state index < -0.39 is 5.91 Å². The summed E-state index contributed by atoms with van der Waals surface area (Å²) in [5.74, 6) is -0.615. The maximum atomic E-state index is 12.4. The molecule has 3 aromatic rings. The lowest BCUT2D eigenvalue weighted by molar-refractivity contribution is -0.114. The first-order chi connectivity index (χ1) is 11.5. The zero-order valence-corrected chi connectivity index (χ0v) is 13.5. The molecule has 0 radical (unpaired) electrons. The van der Waals surface area contributed by atoms with Gasteiger partial charge in [-0.05, 0) is 36.4 Å². The molecule has 0 aliphatic carbocycles. The number of carbonyl (C=O) groups excluding carboxylic acids is 2. The number of rotatable bonds is 3. The van der Waals surface area contributed by atoms with Gasteiger partial charge in [-0.1, -0.05) is 23.7 Å². The summed E-state index contributed by atoms with van der Waals surface area (Å²) >= 11 is 6.06. The lowest BCUT2D eigenvalue weighted by Crippen LogP contribution is -2.15. The fourth-order valence-corrected chi connectivity index (χ4v) is 2.37. The van der Waals surface area contributed by atoms with Gasteiger partial charge < -0.3 is 10.6 Å². The highest BCUT2D eigenvalue weighted by atomic mass is 35.5. The van der Waals surface area contributed by atoms with E-state index in [9.17, 15) is 9.59 Å². The molecule has 2 aromatic carbocycles. The molecule has 1 aromatic heterocycles. The summed E-state index contributed by atoms with van der Waals surface area (Å²) in [6.45, 7) is 1.43. The second-order valence-corrected chi connectivity index (χ2v) is 5.42. The van der Waals surface area contributed by atoms with Gasteiger partial charge in [-0.2, -0.15) is 0 Å². The summed E-state index contributed by atoms with van der Waals surface area (Å²) in [5.41, 5.74) is 2.47. The van der Waals surface area contributed by atoms with Crippen molar-refractivity contribution in [1.29, 1.82) is 0 Å². The summed E-state index contributed by atoms with van der Waals surface area (Å²) in [4.78, 5) is 31.8. The highest BCUT2D eigenvalue weighted by molar-refractivity contribution is 6.33. The van der Waals surface area contributed by atoms with Crippen molar-refractivity contribution in [3.63, 3.8) is 0 Å². The number of fused-ring (bicyclic) bond motifs is 1. The quantitative estimate of drug-likeness (QED) is 0.764. The molecular formula is C17H13ClN4O2. The molecule has 2 amide bonds. The molecule has 1 heterocycles. The minimum atomic E-state index is -0.453. The second-order valence-electron chi connectivity index (χ2n) is 5.06. The predicted molar refractivity (Wildman–Crippen MR) is 93.2 cm³/mol. The van der Waals surface area contributed by atoms with Crippen molar-refractivity contribution in [2.75, 3.05) is 10.6 Å². The molecule has 3 rings (SSSR count). The summed E-state index contributed by atoms with van der Waals surface area (Å²) in [7, 11) is 0. The van der Waals surface area contributed by atoms with E-state index in [-0.39, 0.29) is 16.8 Å². The first-order valence-electron chi connectivity index (χ1n) is 7.14. The number of nitrogens with zero attached hydrogens (tertiary/aromatic N) is 2. The zero-order valence-electron chi connectivity index (χ0n) is 12.7. The van der Waals surface area contributed by atoms with Crippen molar-refractivity contribution >= 4 is 45.8 Å². The van der Waals surface area contributed by atoms with Crippen LogP contribution in [-0.2, 0) is 4.79 Å². The number of anilines is 2. The van der Waals surface area contributed by atoms with Gasteiger partial charge in [-0.3, -0.25) is 9.59 Å². The van der Waals surface area contributed by atoms with Crippen LogP contribution in [0.25, 0.3) is 11.0 Å². The molecule has 7 heteroatoms. The molecule has 0 spiro atoms. The third-order valence-electron chi connectivity index (χ3n) is 3.21. The number of carbonyl (C=O) groups is 2. The molecule has 120 valence electrons. The molecule has 0 fully saturated rings. The van der Waals surface area contributed by atoms with E-state index in [2.05, 4.69) is 20.6 Å². The Morgan fingerprint density at radius 2 is 1.42 bits per heavy atom. The SMILES string of the molecule is CC(=O)Nc1ccc(NC(=O)c2nc3ccccc3nc2Cl)cc1. The lowest BCUT2D eigenvalue weighted by atomic mass is 10.2. The van der Waals surface area contributed by atoms with Gasteiger partial charge >= 0.3 is 0 Å². The molecular weight excluding hydrogens is 328 g/mol. The number of nitrogens with one attached hydrogen (secondary N) is 2. The van der Waals surface area contributed by atoms with E-state index >= 15 is 0 Å². The largest absolute Gasteiger partial charge is 0.326 e. The summed E-state index contributed by atoms with van der Waals surface area (Å²) < 4.78 is 0. The monoisotopic (exact) mass is 340 g/mol. The molecule has 24 heavy (non-hydrogen) atoms. The number of aromatic nitrogens is 2. The van der Waals surface area contributed by atoms with Gasteiger partial charge in [0.05, 0.1) is 11.0 Å². The average molecular weight is 341 g/mol. The maximum absolute atomic E-state index is 12.4. The minimum absolute atomic E-state index is 0.0427. The van der Waals surface area contributed by atoms with E-state index in [0.717, 1.165) is 0 Å². The Balaban J connectivity index is 1.82. The van der Waals surface area contributed by atoms with Crippen molar-refractivity contribution in [3.05, 3.63) is 59.4 Å². The molecule has 0 bridgehead atoms. The van der Waals surface area contributed by atoms with Crippen molar-refractivity contribution in [3.8, 4) is 0 Å². The average Bonchev–Trinajstić information content (AvgIpc) is 2.55. The molecule has 0 saturated carbocycles. The number of hydrogen-bond acceptors (Lipinski definition) is 4. The van der Waals surface area contributed by atoms with Gasteiger partial charge in [0.15, 0.2) is 10.8 Å². The molecule has 2 N–H and O–H groups in total. The number of amides is 2. The van der Waals surface area contributed by atoms with Crippen LogP contribution in [0.3, 0.4) is 0 Å². The number of halogens is 1. The molecule has 0 saturated heterocycles. The summed E-state index contributed by atoms with van der Waals surface area (Å²) in [6.07, 6.45) is 0. The summed E-state index contributed by atoms with van der Waals surface area (Å²) in [6, 6.07) is 13.9. The highest BCUT2D eigenvalue weighted by Crippen LogP contribution is 2.19. The van der Waals surface area contributed by atoms with Crippen LogP contribution in [-0.4, -0.2) is 21.8 Å². The van der Waals surface area contributed by atoms with Crippen LogP contribution in [0.4, 0.5) is 11.4 Å². The number of benzene rings is 2. The Hall–Kier alpha value is -2.99. The van der Waals surface area contributed by atoms with Crippen LogP contribution >= 0.6 is 11.6 Å². The fraction of sp³-hybridized carbons (Fsp3) is 0.0588. The van der Waals surface area contributed by atoms with E-state index in [1.165, 1.54) is 6.92 Å². The maximum Gasteiger partial charge on any atom is 0.277 e. The third-order valence-corrected chi connectivity index (χ3v) is 3.47. The molecule has 6 nitrogen and oxygen atoms in total. The number of hydrogen-bond donors (Lipinski definition) is 2. The van der Waals surface area contributed by atoms with Crippen LogP contribution in [0.5, 0.6) is 0 Å². The van der Waals surface area contributed by atoms with Gasteiger partial charge in [0.1, 0.15) is 0 Å². The van der Waals surface area contributed by atoms with E-state index in [1.54, 1.807) is 36.4 Å². The fourth-order valence-electron chi connectivity index (χ4n) is 2.15. The lowest BCUT2D eigenvalue weighted by Gasteiger charge is -2.08. The standard InChI is InChI=1S/C17H13ClN4O2/c1-10(23)19-11-6-8-12(9-7-11)20-17(24)15-16(18)22-14-5-3-2-4-13(14)21-15/h2-9H,1H3,(H,19,23)(H,20,24). The van der Waals surface area contributed by atoms with Crippen LogP contribution in [0, 0.1) is 0 Å². The van der Waals surface area contributed by atoms with Crippen molar-refractivity contribution in [2.45, 2.75) is 6.92 Å². The van der Waals surface area contributed by atoms with Gasteiger partial charge in [-0.15, -0.1) is 0 Å². The van der Waals surface area contributed by atoms with Crippen molar-refractivity contribution < 1.29 is 9.59 Å². The van der Waals surface area contributed by atoms with Crippen LogP contribution in [0.15, 0.2) is 48.5 Å². The number of para-hydroxylation sites is 2. The second kappa shape index (κ2) is 6.64. The Morgan fingerprint density at radius 3 is 2.00 bits per heavy atom. The first-order valence-corrected chi connectivity index (χ1v) is 7.52. The zero-order chi connectivity index (χ0) is 17.1. The Kier molecular flexibility index (Phi) is 4.39. The summed E-state index contributed by atoms with van der Waals surface area (Å²) in [5, 5.41) is 5.40. The Morgan fingerprint density at radius 1 is 0.875 bits per heavy atom. The van der Waals surface area contributed by atoms with E-state index in [4.69, 9.17) is 11.6 Å². The first kappa shape index (κ1) is 15.9. The molecule has 0 aliphatic rings. The van der Waals surface area contributed by atoms with Crippen molar-refractivity contribution in [1.82, 2.24) is 9.97 Å². The molecule has 0 aliphatic heterocycles. The van der Waals surface area contributed by atoms with Crippen LogP contribution in [0.1, 0.15) is 17.4 Å². The van der Waals surface area contributed by atoms with Crippen LogP contribution < -0.4 is 10.6 Å². The van der Waals surface area contributed by atoms with Gasteiger partial charge in [0, 0.05) is 18.3 Å². The predicted octanol–water partition coefficient (Wildman–Crippen LogP) is 3.49. The van der Waals surface area contributed by atoms with E-state index in [1.807, 2.05) is 12.1 Å². The third kappa shape index (κ3) is 3.49. The Labute approximate surface area is 142 Å².